The van der Waals surface area contributed by atoms with Crippen LogP contribution in [0.3, 0.4) is 0 Å². The van der Waals surface area contributed by atoms with Crippen molar-refractivity contribution in [3.8, 4) is 0 Å². The molecule has 1 heterocycles. The van der Waals surface area contributed by atoms with Crippen molar-refractivity contribution in [2.45, 2.75) is 19.8 Å². The van der Waals surface area contributed by atoms with E-state index in [0.717, 1.165) is 13.1 Å². The topological polar surface area (TPSA) is 41.6 Å². The summed E-state index contributed by atoms with van der Waals surface area (Å²) >= 11 is 0. The van der Waals surface area contributed by atoms with E-state index in [-0.39, 0.29) is 11.9 Å². The summed E-state index contributed by atoms with van der Waals surface area (Å²) in [5.74, 6) is -0.183. The van der Waals surface area contributed by atoms with E-state index < -0.39 is 0 Å². The molecule has 4 heteroatoms. The lowest BCUT2D eigenvalue weighted by atomic mass is 10.2. The molecule has 0 spiro atoms. The molecule has 15 heavy (non-hydrogen) atoms. The van der Waals surface area contributed by atoms with Gasteiger partial charge in [0.15, 0.2) is 0 Å². The normalized spacial score (nSPS) is 19.1. The van der Waals surface area contributed by atoms with E-state index in [1.165, 1.54) is 33.0 Å². The predicted molar refractivity (Wildman–Crippen MR) is 59.7 cm³/mol. The zero-order chi connectivity index (χ0) is 11.1. The number of likely N-dealkylation sites (tertiary alicyclic amines) is 1. The molecule has 1 aliphatic heterocycles. The molecule has 0 aliphatic carbocycles. The van der Waals surface area contributed by atoms with Crippen molar-refractivity contribution >= 4 is 5.97 Å². The molecule has 1 fully saturated rings. The first kappa shape index (κ1) is 12.5. The molecule has 4 nitrogen and oxygen atoms in total. The molecule has 0 aromatic rings. The Morgan fingerprint density at radius 2 is 2.13 bits per heavy atom. The fraction of sp³-hybridized carbons (Fsp3) is 0.909. The largest absolute Gasteiger partial charge is 0.469 e. The van der Waals surface area contributed by atoms with Gasteiger partial charge in [0.05, 0.1) is 13.0 Å². The van der Waals surface area contributed by atoms with Gasteiger partial charge in [-0.3, -0.25) is 4.79 Å². The zero-order valence-corrected chi connectivity index (χ0v) is 9.79. The quantitative estimate of drug-likeness (QED) is 0.516. The van der Waals surface area contributed by atoms with Crippen molar-refractivity contribution in [1.82, 2.24) is 10.2 Å². The van der Waals surface area contributed by atoms with Crippen molar-refractivity contribution in [1.29, 1.82) is 0 Å². The van der Waals surface area contributed by atoms with Gasteiger partial charge in [-0.2, -0.15) is 0 Å². The summed E-state index contributed by atoms with van der Waals surface area (Å²) in [5.41, 5.74) is 0. The van der Waals surface area contributed by atoms with Crippen molar-refractivity contribution in [3.63, 3.8) is 0 Å². The van der Waals surface area contributed by atoms with Gasteiger partial charge < -0.3 is 15.0 Å². The molecular formula is C11H22N2O2. The minimum absolute atomic E-state index is 0.0476. The Hall–Kier alpha value is -0.610. The highest BCUT2D eigenvalue weighted by Crippen LogP contribution is 2.05. The molecule has 0 saturated carbocycles. The fourth-order valence-corrected chi connectivity index (χ4v) is 1.85. The highest BCUT2D eigenvalue weighted by Gasteiger charge is 2.13. The maximum absolute atomic E-state index is 11.1. The van der Waals surface area contributed by atoms with E-state index in [1.807, 2.05) is 6.92 Å². The summed E-state index contributed by atoms with van der Waals surface area (Å²) in [4.78, 5) is 13.5. The number of ether oxygens (including phenoxy) is 1. The van der Waals surface area contributed by atoms with Gasteiger partial charge in [0.2, 0.25) is 0 Å². The van der Waals surface area contributed by atoms with Gasteiger partial charge in [-0.25, -0.2) is 0 Å². The Morgan fingerprint density at radius 1 is 1.47 bits per heavy atom. The van der Waals surface area contributed by atoms with Crippen LogP contribution in [0.2, 0.25) is 0 Å². The summed E-state index contributed by atoms with van der Waals surface area (Å²) < 4.78 is 4.65. The van der Waals surface area contributed by atoms with Gasteiger partial charge in [0.1, 0.15) is 0 Å². The first-order valence-corrected chi connectivity index (χ1v) is 5.75. The molecule has 1 atom stereocenters. The van der Waals surface area contributed by atoms with Crippen LogP contribution >= 0.6 is 0 Å². The fourth-order valence-electron chi connectivity index (χ4n) is 1.85. The first-order valence-electron chi connectivity index (χ1n) is 5.75. The monoisotopic (exact) mass is 214 g/mol. The number of hydrogen-bond donors (Lipinski definition) is 1. The number of carbonyl (C=O) groups is 1. The summed E-state index contributed by atoms with van der Waals surface area (Å²) in [6, 6.07) is 0. The molecule has 1 N–H and O–H groups in total. The molecule has 1 aliphatic rings. The Morgan fingerprint density at radius 3 is 2.73 bits per heavy atom. The van der Waals surface area contributed by atoms with Gasteiger partial charge in [-0.1, -0.05) is 6.92 Å². The minimum atomic E-state index is -0.135. The Balaban J connectivity index is 1.98. The van der Waals surface area contributed by atoms with Crippen LogP contribution in [0.5, 0.6) is 0 Å². The van der Waals surface area contributed by atoms with E-state index in [9.17, 15) is 4.79 Å². The van der Waals surface area contributed by atoms with E-state index in [4.69, 9.17) is 0 Å². The molecular weight excluding hydrogens is 192 g/mol. The van der Waals surface area contributed by atoms with Gasteiger partial charge in [-0.15, -0.1) is 0 Å². The summed E-state index contributed by atoms with van der Waals surface area (Å²) in [6.45, 7) is 7.10. The number of nitrogens with zero attached hydrogens (tertiary/aromatic N) is 1. The summed E-state index contributed by atoms with van der Waals surface area (Å²) in [7, 11) is 1.43. The van der Waals surface area contributed by atoms with E-state index >= 15 is 0 Å². The van der Waals surface area contributed by atoms with Crippen molar-refractivity contribution in [2.24, 2.45) is 5.92 Å². The molecule has 1 unspecified atom stereocenters. The van der Waals surface area contributed by atoms with Crippen LogP contribution in [0, 0.1) is 5.92 Å². The number of esters is 1. The summed E-state index contributed by atoms with van der Waals surface area (Å²) in [5, 5.41) is 3.28. The lowest BCUT2D eigenvalue weighted by molar-refractivity contribution is -0.144. The first-order chi connectivity index (χ1) is 7.24. The summed E-state index contributed by atoms with van der Waals surface area (Å²) in [6.07, 6.45) is 2.66. The number of nitrogens with one attached hydrogen (secondary N) is 1. The van der Waals surface area contributed by atoms with Crippen molar-refractivity contribution in [2.75, 3.05) is 39.8 Å². The lowest BCUT2D eigenvalue weighted by Gasteiger charge is -2.15. The second-order valence-corrected chi connectivity index (χ2v) is 4.18. The van der Waals surface area contributed by atoms with Crippen LogP contribution < -0.4 is 5.32 Å². The number of carbonyl (C=O) groups excluding carboxylic acids is 1. The van der Waals surface area contributed by atoms with Gasteiger partial charge >= 0.3 is 5.97 Å². The highest BCUT2D eigenvalue weighted by molar-refractivity contribution is 5.71. The van der Waals surface area contributed by atoms with Gasteiger partial charge in [0, 0.05) is 19.6 Å². The van der Waals surface area contributed by atoms with Crippen molar-refractivity contribution < 1.29 is 9.53 Å². The molecule has 0 radical (unpaired) electrons. The van der Waals surface area contributed by atoms with Gasteiger partial charge in [0.25, 0.3) is 0 Å². The van der Waals surface area contributed by atoms with Gasteiger partial charge in [-0.05, 0) is 25.9 Å². The van der Waals surface area contributed by atoms with Crippen LogP contribution in [-0.2, 0) is 9.53 Å². The lowest BCUT2D eigenvalue weighted by Crippen LogP contribution is -2.34. The molecule has 0 aromatic heterocycles. The SMILES string of the molecule is COC(=O)C(C)CNCCN1CCCC1. The maximum Gasteiger partial charge on any atom is 0.309 e. The van der Waals surface area contributed by atoms with Crippen LogP contribution in [-0.4, -0.2) is 50.7 Å². The molecule has 0 aromatic carbocycles. The van der Waals surface area contributed by atoms with Crippen LogP contribution in [0.4, 0.5) is 0 Å². The second kappa shape index (κ2) is 6.80. The average Bonchev–Trinajstić information content (AvgIpc) is 2.75. The number of methoxy groups -OCH3 is 1. The molecule has 1 saturated heterocycles. The standard InChI is InChI=1S/C11H22N2O2/c1-10(11(14)15-2)9-12-5-8-13-6-3-4-7-13/h10,12H,3-9H2,1-2H3. The third-order valence-corrected chi connectivity index (χ3v) is 2.86. The zero-order valence-electron chi connectivity index (χ0n) is 9.79. The molecule has 1 rings (SSSR count). The third kappa shape index (κ3) is 4.62. The second-order valence-electron chi connectivity index (χ2n) is 4.18. The highest BCUT2D eigenvalue weighted by atomic mass is 16.5. The van der Waals surface area contributed by atoms with E-state index in [1.54, 1.807) is 0 Å². The third-order valence-electron chi connectivity index (χ3n) is 2.86. The average molecular weight is 214 g/mol. The molecule has 0 bridgehead atoms. The van der Waals surface area contributed by atoms with E-state index in [2.05, 4.69) is 15.0 Å². The van der Waals surface area contributed by atoms with Crippen LogP contribution in [0.1, 0.15) is 19.8 Å². The minimum Gasteiger partial charge on any atom is -0.469 e. The van der Waals surface area contributed by atoms with Crippen LogP contribution in [0.15, 0.2) is 0 Å². The number of hydrogen-bond acceptors (Lipinski definition) is 4. The predicted octanol–water partition coefficient (Wildman–Crippen LogP) is 0.481. The Kier molecular flexibility index (Phi) is 5.65. The number of rotatable bonds is 6. The molecule has 88 valence electrons. The van der Waals surface area contributed by atoms with Crippen LogP contribution in [0.25, 0.3) is 0 Å². The smallest absolute Gasteiger partial charge is 0.309 e. The molecule has 0 amide bonds. The Bertz CT molecular complexity index is 191. The Labute approximate surface area is 92.0 Å². The maximum atomic E-state index is 11.1. The van der Waals surface area contributed by atoms with E-state index in [0.29, 0.717) is 6.54 Å². The van der Waals surface area contributed by atoms with Crippen molar-refractivity contribution in [3.05, 3.63) is 0 Å².